The van der Waals surface area contributed by atoms with Gasteiger partial charge in [-0.05, 0) is 57.1 Å². The molecule has 0 aromatic heterocycles. The van der Waals surface area contributed by atoms with Gasteiger partial charge in [0.25, 0.3) is 0 Å². The Labute approximate surface area is 124 Å². The van der Waals surface area contributed by atoms with Crippen LogP contribution in [0.5, 0.6) is 0 Å². The molecular weight excluding hydrogens is 246 g/mol. The predicted molar refractivity (Wildman–Crippen MR) is 87.3 cm³/mol. The molecule has 0 aliphatic heterocycles. The molecule has 114 valence electrons. The van der Waals surface area contributed by atoms with Gasteiger partial charge in [0.05, 0.1) is 0 Å². The van der Waals surface area contributed by atoms with Crippen LogP contribution < -0.4 is 5.32 Å². The van der Waals surface area contributed by atoms with E-state index in [0.717, 1.165) is 19.6 Å². The number of nitrogens with one attached hydrogen (secondary N) is 1. The Morgan fingerprint density at radius 1 is 1.20 bits per heavy atom. The van der Waals surface area contributed by atoms with Crippen LogP contribution in [0.2, 0.25) is 0 Å². The lowest BCUT2D eigenvalue weighted by Gasteiger charge is -2.30. The van der Waals surface area contributed by atoms with E-state index in [1.54, 1.807) is 7.11 Å². The summed E-state index contributed by atoms with van der Waals surface area (Å²) in [6, 6.07) is 8.75. The summed E-state index contributed by atoms with van der Waals surface area (Å²) in [6.07, 6.45) is 1.10. The number of methoxy groups -OCH3 is 1. The summed E-state index contributed by atoms with van der Waals surface area (Å²) in [5.41, 5.74) is 3.01. The average molecular weight is 277 g/mol. The monoisotopic (exact) mass is 277 g/mol. The molecule has 1 rings (SSSR count). The van der Waals surface area contributed by atoms with Gasteiger partial charge in [-0.25, -0.2) is 0 Å². The summed E-state index contributed by atoms with van der Waals surface area (Å²) in [5, 5.41) is 3.66. The zero-order valence-electron chi connectivity index (χ0n) is 14.0. The van der Waals surface area contributed by atoms with E-state index in [1.807, 2.05) is 0 Å². The van der Waals surface area contributed by atoms with Gasteiger partial charge in [-0.15, -0.1) is 0 Å². The molecule has 2 unspecified atom stereocenters. The molecule has 0 saturated heterocycles. The average Bonchev–Trinajstić information content (AvgIpc) is 2.37. The summed E-state index contributed by atoms with van der Waals surface area (Å²) < 4.78 is 5.25. The Kier molecular flexibility index (Phi) is 6.70. The zero-order chi connectivity index (χ0) is 15.2. The molecule has 0 radical (unpaired) electrons. The summed E-state index contributed by atoms with van der Waals surface area (Å²) in [7, 11) is 1.78. The van der Waals surface area contributed by atoms with Crippen molar-refractivity contribution < 1.29 is 4.74 Å². The molecule has 0 fully saturated rings. The molecule has 0 bridgehead atoms. The molecule has 0 spiro atoms. The van der Waals surface area contributed by atoms with Crippen LogP contribution in [-0.4, -0.2) is 25.8 Å². The normalized spacial score (nSPS) is 15.1. The van der Waals surface area contributed by atoms with Crippen molar-refractivity contribution in [2.24, 2.45) is 5.92 Å². The molecule has 2 atom stereocenters. The van der Waals surface area contributed by atoms with Crippen LogP contribution in [0.3, 0.4) is 0 Å². The maximum Gasteiger partial charge on any atom is 0.0465 e. The van der Waals surface area contributed by atoms with E-state index in [-0.39, 0.29) is 5.54 Å². The Hall–Kier alpha value is -0.860. The highest BCUT2D eigenvalue weighted by molar-refractivity contribution is 5.30. The van der Waals surface area contributed by atoms with Gasteiger partial charge in [0.1, 0.15) is 0 Å². The van der Waals surface area contributed by atoms with Gasteiger partial charge >= 0.3 is 0 Å². The van der Waals surface area contributed by atoms with E-state index >= 15 is 0 Å². The molecule has 20 heavy (non-hydrogen) atoms. The molecule has 1 N–H and O–H groups in total. The zero-order valence-corrected chi connectivity index (χ0v) is 14.0. The van der Waals surface area contributed by atoms with E-state index in [1.165, 1.54) is 11.1 Å². The largest absolute Gasteiger partial charge is 0.385 e. The third kappa shape index (κ3) is 5.64. The molecule has 1 aromatic rings. The highest BCUT2D eigenvalue weighted by Crippen LogP contribution is 2.29. The second-order valence-corrected chi connectivity index (χ2v) is 6.85. The van der Waals surface area contributed by atoms with Crippen molar-refractivity contribution in [1.29, 1.82) is 0 Å². The molecular formula is C18H31NO. The lowest BCUT2D eigenvalue weighted by molar-refractivity contribution is 0.172. The van der Waals surface area contributed by atoms with Crippen LogP contribution in [0.1, 0.15) is 51.2 Å². The number of benzene rings is 1. The minimum absolute atomic E-state index is 0.155. The minimum atomic E-state index is 0.155. The molecule has 0 heterocycles. The number of aryl methyl sites for hydroxylation is 1. The summed E-state index contributed by atoms with van der Waals surface area (Å²) in [5.74, 6) is 1.14. The van der Waals surface area contributed by atoms with Gasteiger partial charge < -0.3 is 10.1 Å². The van der Waals surface area contributed by atoms with Gasteiger partial charge in [0.2, 0.25) is 0 Å². The quantitative estimate of drug-likeness (QED) is 0.809. The van der Waals surface area contributed by atoms with Crippen molar-refractivity contribution >= 4 is 0 Å². The maximum absolute atomic E-state index is 5.25. The summed E-state index contributed by atoms with van der Waals surface area (Å²) >= 11 is 0. The second-order valence-electron chi connectivity index (χ2n) is 6.85. The fourth-order valence-corrected chi connectivity index (χ4v) is 2.54. The van der Waals surface area contributed by atoms with Crippen molar-refractivity contribution in [2.75, 3.05) is 20.3 Å². The van der Waals surface area contributed by atoms with E-state index in [2.05, 4.69) is 64.2 Å². The van der Waals surface area contributed by atoms with Crippen LogP contribution >= 0.6 is 0 Å². The fraction of sp³-hybridized carbons (Fsp3) is 0.667. The highest BCUT2D eigenvalue weighted by atomic mass is 16.5. The smallest absolute Gasteiger partial charge is 0.0465 e. The van der Waals surface area contributed by atoms with Crippen LogP contribution in [0, 0.1) is 12.8 Å². The van der Waals surface area contributed by atoms with Crippen LogP contribution in [0.15, 0.2) is 24.3 Å². The third-order valence-electron chi connectivity index (χ3n) is 3.90. The Bertz CT molecular complexity index is 395. The fourth-order valence-electron chi connectivity index (χ4n) is 2.54. The van der Waals surface area contributed by atoms with E-state index in [4.69, 9.17) is 4.74 Å². The Balaban J connectivity index is 2.86. The summed E-state index contributed by atoms with van der Waals surface area (Å²) in [6.45, 7) is 13.1. The molecule has 2 nitrogen and oxygen atoms in total. The third-order valence-corrected chi connectivity index (χ3v) is 3.90. The molecule has 0 saturated carbocycles. The maximum atomic E-state index is 5.25. The lowest BCUT2D eigenvalue weighted by atomic mass is 9.82. The van der Waals surface area contributed by atoms with Gasteiger partial charge in [-0.2, -0.15) is 0 Å². The first kappa shape index (κ1) is 17.2. The molecule has 2 heteroatoms. The first-order valence-electron chi connectivity index (χ1n) is 7.64. The summed E-state index contributed by atoms with van der Waals surface area (Å²) in [4.78, 5) is 0. The minimum Gasteiger partial charge on any atom is -0.385 e. The Morgan fingerprint density at radius 3 is 2.40 bits per heavy atom. The van der Waals surface area contributed by atoms with Gasteiger partial charge in [0, 0.05) is 25.8 Å². The van der Waals surface area contributed by atoms with Gasteiger partial charge in [-0.3, -0.25) is 0 Å². The Morgan fingerprint density at radius 2 is 1.85 bits per heavy atom. The van der Waals surface area contributed by atoms with E-state index in [9.17, 15) is 0 Å². The van der Waals surface area contributed by atoms with Crippen LogP contribution in [-0.2, 0) is 4.74 Å². The number of hydrogen-bond donors (Lipinski definition) is 1. The highest BCUT2D eigenvalue weighted by Gasteiger charge is 2.22. The number of hydrogen-bond acceptors (Lipinski definition) is 2. The SMILES string of the molecule is COCCC(C)C(CNC(C)(C)C)c1ccccc1C. The number of ether oxygens (including phenoxy) is 1. The standard InChI is InChI=1S/C18H31NO/c1-14-9-7-8-10-16(14)17(13-19-18(3,4)5)15(2)11-12-20-6/h7-10,15,17,19H,11-13H2,1-6H3. The first-order chi connectivity index (χ1) is 9.35. The van der Waals surface area contributed by atoms with Crippen molar-refractivity contribution in [2.45, 2.75) is 52.5 Å². The van der Waals surface area contributed by atoms with Crippen molar-refractivity contribution in [3.8, 4) is 0 Å². The van der Waals surface area contributed by atoms with E-state index in [0.29, 0.717) is 11.8 Å². The number of rotatable bonds is 7. The predicted octanol–water partition coefficient (Wildman–Crippen LogP) is 4.14. The molecule has 0 amide bonds. The van der Waals surface area contributed by atoms with Crippen LogP contribution in [0.25, 0.3) is 0 Å². The lowest BCUT2D eigenvalue weighted by Crippen LogP contribution is -2.40. The van der Waals surface area contributed by atoms with Gasteiger partial charge in [0.15, 0.2) is 0 Å². The first-order valence-corrected chi connectivity index (χ1v) is 7.64. The van der Waals surface area contributed by atoms with E-state index < -0.39 is 0 Å². The topological polar surface area (TPSA) is 21.3 Å². The molecule has 1 aromatic carbocycles. The van der Waals surface area contributed by atoms with Crippen molar-refractivity contribution in [3.05, 3.63) is 35.4 Å². The van der Waals surface area contributed by atoms with Crippen LogP contribution in [0.4, 0.5) is 0 Å². The van der Waals surface area contributed by atoms with Crippen molar-refractivity contribution in [3.63, 3.8) is 0 Å². The van der Waals surface area contributed by atoms with Crippen molar-refractivity contribution in [1.82, 2.24) is 5.32 Å². The molecule has 0 aliphatic carbocycles. The van der Waals surface area contributed by atoms with Gasteiger partial charge in [-0.1, -0.05) is 31.2 Å². The second kappa shape index (κ2) is 7.80. The molecule has 0 aliphatic rings.